The molecular weight excluding hydrogens is 544 g/mol. The van der Waals surface area contributed by atoms with Crippen molar-refractivity contribution in [1.29, 1.82) is 0 Å². The molecule has 0 saturated carbocycles. The van der Waals surface area contributed by atoms with E-state index in [1.807, 2.05) is 6.07 Å². The summed E-state index contributed by atoms with van der Waals surface area (Å²) >= 11 is 4.47. The minimum atomic E-state index is -3.69. The second kappa shape index (κ2) is 11.9. The molecule has 1 fully saturated rings. The van der Waals surface area contributed by atoms with Crippen LogP contribution in [0.5, 0.6) is 0 Å². The third-order valence-electron chi connectivity index (χ3n) is 5.27. The molecule has 1 atom stereocenters. The van der Waals surface area contributed by atoms with Crippen LogP contribution in [0.15, 0.2) is 53.0 Å². The van der Waals surface area contributed by atoms with Crippen molar-refractivity contribution in [2.24, 2.45) is 0 Å². The molecule has 2 aromatic rings. The lowest BCUT2D eigenvalue weighted by atomic mass is 10.0. The molecule has 1 amide bonds. The van der Waals surface area contributed by atoms with Gasteiger partial charge in [0.1, 0.15) is 4.88 Å². The predicted octanol–water partition coefficient (Wildman–Crippen LogP) is 6.14. The Balaban J connectivity index is 1.60. The van der Waals surface area contributed by atoms with Gasteiger partial charge in [0.2, 0.25) is 5.78 Å². The summed E-state index contributed by atoms with van der Waals surface area (Å²) in [7, 11) is 0. The highest BCUT2D eigenvalue weighted by Crippen LogP contribution is 2.31. The lowest BCUT2D eigenvalue weighted by Crippen LogP contribution is -2.45. The Morgan fingerprint density at radius 3 is 2.80 bits per heavy atom. The maximum Gasteiger partial charge on any atom is 0.410 e. The number of esters is 1. The fourth-order valence-corrected chi connectivity index (χ4v) is 4.88. The maximum atomic E-state index is 14.6. The van der Waals surface area contributed by atoms with Crippen molar-refractivity contribution in [3.05, 3.63) is 68.3 Å². The van der Waals surface area contributed by atoms with E-state index in [-0.39, 0.29) is 18.7 Å². The predicted molar refractivity (Wildman–Crippen MR) is 132 cm³/mol. The number of ether oxygens (including phenoxy) is 2. The molecule has 35 heavy (non-hydrogen) atoms. The number of halogens is 3. The fourth-order valence-electron chi connectivity index (χ4n) is 3.55. The lowest BCUT2D eigenvalue weighted by molar-refractivity contribution is -0.139. The van der Waals surface area contributed by atoms with Gasteiger partial charge in [-0.2, -0.15) is 8.78 Å². The molecule has 1 aromatic carbocycles. The quantitative estimate of drug-likeness (QED) is 0.254. The highest BCUT2D eigenvalue weighted by atomic mass is 79.9. The van der Waals surface area contributed by atoms with Gasteiger partial charge in [-0.3, -0.25) is 4.79 Å². The summed E-state index contributed by atoms with van der Waals surface area (Å²) in [5, 5.41) is 0. The third kappa shape index (κ3) is 7.20. The number of rotatable bonds is 10. The van der Waals surface area contributed by atoms with Gasteiger partial charge in [0.05, 0.1) is 18.8 Å². The second-order valence-electron chi connectivity index (χ2n) is 8.30. The van der Waals surface area contributed by atoms with Crippen LogP contribution in [0.1, 0.15) is 46.8 Å². The largest absolute Gasteiger partial charge is 0.459 e. The molecule has 1 aliphatic heterocycles. The van der Waals surface area contributed by atoms with Gasteiger partial charge in [-0.1, -0.05) is 34.1 Å². The Morgan fingerprint density at radius 2 is 2.09 bits per heavy atom. The highest BCUT2D eigenvalue weighted by molar-refractivity contribution is 9.10. The van der Waals surface area contributed by atoms with Crippen molar-refractivity contribution >= 4 is 45.1 Å². The minimum Gasteiger partial charge on any atom is -0.459 e. The van der Waals surface area contributed by atoms with Crippen molar-refractivity contribution in [3.63, 3.8) is 0 Å². The number of thiophene rings is 1. The van der Waals surface area contributed by atoms with Crippen LogP contribution >= 0.6 is 27.3 Å². The summed E-state index contributed by atoms with van der Waals surface area (Å²) in [6, 6.07) is 8.46. The topological polar surface area (TPSA) is 72.9 Å². The molecule has 3 rings (SSSR count). The zero-order chi connectivity index (χ0) is 25.6. The summed E-state index contributed by atoms with van der Waals surface area (Å²) in [6.07, 6.45) is 3.01. The van der Waals surface area contributed by atoms with Gasteiger partial charge in [-0.15, -0.1) is 11.3 Å². The summed E-state index contributed by atoms with van der Waals surface area (Å²) in [4.78, 5) is 39.5. The highest BCUT2D eigenvalue weighted by Gasteiger charge is 2.39. The monoisotopic (exact) mass is 569 g/mol. The van der Waals surface area contributed by atoms with Crippen LogP contribution in [0.25, 0.3) is 0 Å². The van der Waals surface area contributed by atoms with Gasteiger partial charge >= 0.3 is 18.0 Å². The number of nitrogens with zero attached hydrogens (tertiary/aromatic N) is 1. The van der Waals surface area contributed by atoms with Crippen molar-refractivity contribution in [2.75, 3.05) is 13.2 Å². The zero-order valence-electron chi connectivity index (χ0n) is 19.3. The molecule has 1 aromatic heterocycles. The SMILES string of the molecule is CC(C)OC(=O)c1ccc(CCCN2C(=O)OCCC2C=CC(=O)C(F)(F)c2cccc(Br)c2)s1. The van der Waals surface area contributed by atoms with Crippen LogP contribution in [0.2, 0.25) is 0 Å². The fraction of sp³-hybridized carbons (Fsp3) is 0.400. The van der Waals surface area contributed by atoms with Crippen molar-refractivity contribution < 1.29 is 32.6 Å². The van der Waals surface area contributed by atoms with E-state index in [1.54, 1.807) is 26.0 Å². The number of amides is 1. The third-order valence-corrected chi connectivity index (χ3v) is 6.89. The molecule has 0 radical (unpaired) electrons. The minimum absolute atomic E-state index is 0.146. The standard InChI is InChI=1S/C25H26BrF2NO5S/c1-16(2)34-23(31)21-10-9-20(35-21)7-4-13-29-19(12-14-33-24(29)32)8-11-22(30)25(27,28)17-5-3-6-18(26)15-17/h3,5-6,8-11,15-16,19H,4,7,12-14H2,1-2H3. The normalized spacial score (nSPS) is 16.6. The molecule has 1 aliphatic rings. The molecule has 188 valence electrons. The number of allylic oxidation sites excluding steroid dienone is 1. The summed E-state index contributed by atoms with van der Waals surface area (Å²) < 4.78 is 40.0. The number of benzene rings is 1. The smallest absolute Gasteiger partial charge is 0.410 e. The van der Waals surface area contributed by atoms with E-state index < -0.39 is 29.4 Å². The molecular formula is C25H26BrF2NO5S. The lowest BCUT2D eigenvalue weighted by Gasteiger charge is -2.33. The van der Waals surface area contributed by atoms with Crippen LogP contribution < -0.4 is 0 Å². The van der Waals surface area contributed by atoms with Gasteiger partial charge < -0.3 is 14.4 Å². The Hall–Kier alpha value is -2.59. The van der Waals surface area contributed by atoms with Gasteiger partial charge in [-0.05, 0) is 57.0 Å². The first-order valence-electron chi connectivity index (χ1n) is 11.2. The van der Waals surface area contributed by atoms with E-state index >= 15 is 0 Å². The van der Waals surface area contributed by atoms with Crippen molar-refractivity contribution in [1.82, 2.24) is 4.90 Å². The second-order valence-corrected chi connectivity index (χ2v) is 10.4. The Morgan fingerprint density at radius 1 is 1.31 bits per heavy atom. The zero-order valence-corrected chi connectivity index (χ0v) is 21.7. The average molecular weight is 570 g/mol. The molecule has 10 heteroatoms. The van der Waals surface area contributed by atoms with Crippen LogP contribution in [0.4, 0.5) is 13.6 Å². The van der Waals surface area contributed by atoms with Gasteiger partial charge in [0.25, 0.3) is 0 Å². The van der Waals surface area contributed by atoms with Crippen LogP contribution in [-0.4, -0.2) is 48.0 Å². The maximum absolute atomic E-state index is 14.6. The molecule has 1 unspecified atom stereocenters. The van der Waals surface area contributed by atoms with Crippen molar-refractivity contribution in [2.45, 2.75) is 51.2 Å². The van der Waals surface area contributed by atoms with Gasteiger partial charge in [0, 0.05) is 27.9 Å². The first-order chi connectivity index (χ1) is 16.6. The van der Waals surface area contributed by atoms with Gasteiger partial charge in [-0.25, -0.2) is 9.59 Å². The number of carbonyl (C=O) groups excluding carboxylic acids is 3. The van der Waals surface area contributed by atoms with E-state index in [0.29, 0.717) is 35.2 Å². The molecule has 6 nitrogen and oxygen atoms in total. The number of alkyl halides is 2. The van der Waals surface area contributed by atoms with Gasteiger partial charge in [0.15, 0.2) is 0 Å². The van der Waals surface area contributed by atoms with Crippen molar-refractivity contribution in [3.8, 4) is 0 Å². The summed E-state index contributed by atoms with van der Waals surface area (Å²) in [5.74, 6) is -5.41. The number of carbonyl (C=O) groups is 3. The Bertz CT molecular complexity index is 1100. The van der Waals surface area contributed by atoms with Crippen LogP contribution in [-0.2, 0) is 26.6 Å². The molecule has 0 aliphatic carbocycles. The van der Waals surface area contributed by atoms with E-state index in [2.05, 4.69) is 15.9 Å². The number of cyclic esters (lactones) is 1. The first kappa shape index (κ1) is 27.0. The van der Waals surface area contributed by atoms with E-state index in [0.717, 1.165) is 11.0 Å². The molecule has 2 heterocycles. The Kier molecular flexibility index (Phi) is 9.18. The summed E-state index contributed by atoms with van der Waals surface area (Å²) in [6.45, 7) is 4.02. The number of hydrogen-bond donors (Lipinski definition) is 0. The number of hydrogen-bond acceptors (Lipinski definition) is 6. The van der Waals surface area contributed by atoms with Crippen LogP contribution in [0, 0.1) is 0 Å². The average Bonchev–Trinajstić information content (AvgIpc) is 3.27. The van der Waals surface area contributed by atoms with E-state index in [1.165, 1.54) is 40.5 Å². The molecule has 1 saturated heterocycles. The van der Waals surface area contributed by atoms with E-state index in [4.69, 9.17) is 9.47 Å². The van der Waals surface area contributed by atoms with E-state index in [9.17, 15) is 23.2 Å². The summed E-state index contributed by atoms with van der Waals surface area (Å²) in [5.41, 5.74) is -0.408. The number of ketones is 1. The Labute approximate surface area is 215 Å². The first-order valence-corrected chi connectivity index (χ1v) is 12.8. The molecule has 0 N–H and O–H groups in total. The number of aryl methyl sites for hydroxylation is 1. The van der Waals surface area contributed by atoms with Crippen LogP contribution in [0.3, 0.4) is 0 Å². The molecule has 0 bridgehead atoms. The molecule has 0 spiro atoms.